The van der Waals surface area contributed by atoms with Gasteiger partial charge in [0.15, 0.2) is 0 Å². The predicted molar refractivity (Wildman–Crippen MR) is 53.5 cm³/mol. The van der Waals surface area contributed by atoms with Gasteiger partial charge in [0.1, 0.15) is 0 Å². The molecule has 2 rings (SSSR count). The topological polar surface area (TPSA) is 152 Å². The first-order valence-corrected chi connectivity index (χ1v) is 4.31. The maximum atomic E-state index is 10.7. The number of hydrogen-bond donors (Lipinski definition) is 2. The highest BCUT2D eigenvalue weighted by atomic mass is 16.4. The molecule has 8 N–H and O–H groups in total. The van der Waals surface area contributed by atoms with E-state index in [1.807, 2.05) is 0 Å². The number of carboxylic acids is 1. The minimum atomic E-state index is -0.982. The molecule has 0 amide bonds. The van der Waals surface area contributed by atoms with E-state index in [4.69, 9.17) is 5.11 Å². The Balaban J connectivity index is 0. The van der Waals surface area contributed by atoms with E-state index in [0.29, 0.717) is 6.42 Å². The van der Waals surface area contributed by atoms with Crippen LogP contribution in [-0.4, -0.2) is 38.2 Å². The second-order valence-electron chi connectivity index (χ2n) is 3.66. The number of allylic oxidation sites excluding steroid dienone is 1. The van der Waals surface area contributed by atoms with E-state index in [1.54, 1.807) is 6.08 Å². The maximum absolute atomic E-state index is 10.7. The van der Waals surface area contributed by atoms with E-state index in [0.717, 1.165) is 19.3 Å². The molecule has 0 heterocycles. The van der Waals surface area contributed by atoms with Crippen LogP contribution in [0.2, 0.25) is 0 Å². The second-order valence-corrected chi connectivity index (χ2v) is 3.66. The van der Waals surface area contributed by atoms with Crippen LogP contribution in [0.4, 0.5) is 0 Å². The van der Waals surface area contributed by atoms with Gasteiger partial charge in [0.05, 0.1) is 11.2 Å². The SMILES string of the molecule is O.O.O.O=C(O)C1=CCCC2CCC12O. The lowest BCUT2D eigenvalue weighted by molar-refractivity contribution is -0.141. The van der Waals surface area contributed by atoms with E-state index in [-0.39, 0.29) is 27.9 Å². The minimum Gasteiger partial charge on any atom is -0.478 e. The minimum absolute atomic E-state index is 0. The van der Waals surface area contributed by atoms with Gasteiger partial charge < -0.3 is 26.6 Å². The second kappa shape index (κ2) is 5.22. The summed E-state index contributed by atoms with van der Waals surface area (Å²) in [5, 5.41) is 18.7. The van der Waals surface area contributed by atoms with Crippen LogP contribution in [0.3, 0.4) is 0 Å². The van der Waals surface area contributed by atoms with E-state index in [2.05, 4.69) is 0 Å². The maximum Gasteiger partial charge on any atom is 0.334 e. The van der Waals surface area contributed by atoms with E-state index in [9.17, 15) is 9.90 Å². The number of carbonyl (C=O) groups is 1. The lowest BCUT2D eigenvalue weighted by Crippen LogP contribution is -2.52. The van der Waals surface area contributed by atoms with Gasteiger partial charge in [-0.05, 0) is 31.6 Å². The summed E-state index contributed by atoms with van der Waals surface area (Å²) < 4.78 is 0. The molecule has 0 aromatic rings. The van der Waals surface area contributed by atoms with Crippen LogP contribution in [0.1, 0.15) is 25.7 Å². The fourth-order valence-corrected chi connectivity index (χ4v) is 2.24. The average Bonchev–Trinajstić information content (AvgIpc) is 1.98. The van der Waals surface area contributed by atoms with Gasteiger partial charge >= 0.3 is 5.97 Å². The van der Waals surface area contributed by atoms with Crippen molar-refractivity contribution in [2.24, 2.45) is 5.92 Å². The smallest absolute Gasteiger partial charge is 0.334 e. The number of aliphatic carboxylic acids is 1. The van der Waals surface area contributed by atoms with Crippen molar-refractivity contribution in [1.82, 2.24) is 0 Å². The lowest BCUT2D eigenvalue weighted by Gasteiger charge is -2.48. The zero-order valence-electron chi connectivity index (χ0n) is 8.29. The molecule has 0 aliphatic heterocycles. The van der Waals surface area contributed by atoms with Crippen molar-refractivity contribution in [3.05, 3.63) is 11.6 Å². The largest absolute Gasteiger partial charge is 0.478 e. The molecule has 0 aromatic carbocycles. The van der Waals surface area contributed by atoms with E-state index in [1.165, 1.54) is 0 Å². The molecule has 1 fully saturated rings. The van der Waals surface area contributed by atoms with Crippen LogP contribution in [0.5, 0.6) is 0 Å². The average molecular weight is 222 g/mol. The molecule has 90 valence electrons. The molecule has 0 spiro atoms. The Kier molecular flexibility index (Phi) is 5.74. The van der Waals surface area contributed by atoms with Gasteiger partial charge in [0.25, 0.3) is 0 Å². The molecule has 0 bridgehead atoms. The first kappa shape index (κ1) is 16.5. The van der Waals surface area contributed by atoms with Gasteiger partial charge in [-0.2, -0.15) is 0 Å². The zero-order chi connectivity index (χ0) is 8.77. The van der Waals surface area contributed by atoms with Crippen molar-refractivity contribution in [2.75, 3.05) is 0 Å². The fourth-order valence-electron chi connectivity index (χ4n) is 2.24. The van der Waals surface area contributed by atoms with Gasteiger partial charge in [-0.25, -0.2) is 4.79 Å². The Morgan fingerprint density at radius 3 is 2.27 bits per heavy atom. The van der Waals surface area contributed by atoms with Gasteiger partial charge in [0.2, 0.25) is 0 Å². The van der Waals surface area contributed by atoms with Crippen molar-refractivity contribution in [1.29, 1.82) is 0 Å². The Bertz CT molecular complexity index is 261. The van der Waals surface area contributed by atoms with Crippen LogP contribution in [0.25, 0.3) is 0 Å². The van der Waals surface area contributed by atoms with Crippen molar-refractivity contribution < 1.29 is 31.4 Å². The molecule has 2 aliphatic rings. The standard InChI is InChI=1S/C9H12O3.3H2O/c10-8(11)7-3-1-2-6-4-5-9(6,7)12;;;/h3,6,12H,1-2,4-5H2,(H,10,11);3*1H2. The molecule has 0 aromatic heterocycles. The van der Waals surface area contributed by atoms with Crippen LogP contribution < -0.4 is 0 Å². The summed E-state index contributed by atoms with van der Waals surface area (Å²) in [6, 6.07) is 0. The molecule has 6 nitrogen and oxygen atoms in total. The molecule has 2 aliphatic carbocycles. The highest BCUT2D eigenvalue weighted by Crippen LogP contribution is 2.49. The first-order valence-electron chi connectivity index (χ1n) is 4.31. The summed E-state index contributed by atoms with van der Waals surface area (Å²) in [6.07, 6.45) is 5.00. The third-order valence-corrected chi connectivity index (χ3v) is 3.11. The van der Waals surface area contributed by atoms with E-state index >= 15 is 0 Å². The Morgan fingerprint density at radius 1 is 1.33 bits per heavy atom. The third kappa shape index (κ3) is 2.18. The molecular formula is C9H18O6. The number of fused-ring (bicyclic) bond motifs is 1. The molecular weight excluding hydrogens is 204 g/mol. The third-order valence-electron chi connectivity index (χ3n) is 3.11. The molecule has 2 atom stereocenters. The summed E-state index contributed by atoms with van der Waals surface area (Å²) in [6.45, 7) is 0. The van der Waals surface area contributed by atoms with Gasteiger partial charge in [-0.1, -0.05) is 6.08 Å². The van der Waals surface area contributed by atoms with Gasteiger partial charge in [0, 0.05) is 0 Å². The van der Waals surface area contributed by atoms with Crippen molar-refractivity contribution in [2.45, 2.75) is 31.3 Å². The number of hydrogen-bond acceptors (Lipinski definition) is 2. The summed E-state index contributed by atoms with van der Waals surface area (Å²) in [4.78, 5) is 10.7. The molecule has 6 heteroatoms. The van der Waals surface area contributed by atoms with Crippen LogP contribution >= 0.6 is 0 Å². The van der Waals surface area contributed by atoms with E-state index < -0.39 is 11.6 Å². The quantitative estimate of drug-likeness (QED) is 0.552. The molecule has 2 unspecified atom stereocenters. The van der Waals surface area contributed by atoms with Crippen LogP contribution in [0, 0.1) is 5.92 Å². The number of carboxylic acid groups (broad SMARTS) is 1. The van der Waals surface area contributed by atoms with Crippen molar-refractivity contribution >= 4 is 5.97 Å². The molecule has 0 radical (unpaired) electrons. The van der Waals surface area contributed by atoms with Gasteiger partial charge in [-0.3, -0.25) is 0 Å². The highest BCUT2D eigenvalue weighted by molar-refractivity contribution is 5.89. The van der Waals surface area contributed by atoms with Crippen LogP contribution in [0.15, 0.2) is 11.6 Å². The Labute approximate surface area is 87.1 Å². The molecule has 15 heavy (non-hydrogen) atoms. The Morgan fingerprint density at radius 2 is 1.93 bits per heavy atom. The molecule has 1 saturated carbocycles. The van der Waals surface area contributed by atoms with Crippen molar-refractivity contribution in [3.63, 3.8) is 0 Å². The zero-order valence-corrected chi connectivity index (χ0v) is 8.29. The summed E-state index contributed by atoms with van der Waals surface area (Å²) >= 11 is 0. The van der Waals surface area contributed by atoms with Gasteiger partial charge in [-0.15, -0.1) is 0 Å². The summed E-state index contributed by atoms with van der Waals surface area (Å²) in [7, 11) is 0. The van der Waals surface area contributed by atoms with Crippen LogP contribution in [-0.2, 0) is 4.79 Å². The molecule has 0 saturated heterocycles. The Hall–Kier alpha value is -0.950. The normalized spacial score (nSPS) is 31.5. The fraction of sp³-hybridized carbons (Fsp3) is 0.667. The van der Waals surface area contributed by atoms with Crippen molar-refractivity contribution in [3.8, 4) is 0 Å². The summed E-state index contributed by atoms with van der Waals surface area (Å²) in [5.41, 5.74) is -0.755. The number of aliphatic hydroxyl groups is 1. The lowest BCUT2D eigenvalue weighted by atomic mass is 9.61. The highest BCUT2D eigenvalue weighted by Gasteiger charge is 2.51. The predicted octanol–water partition coefficient (Wildman–Crippen LogP) is -1.54. The monoisotopic (exact) mass is 222 g/mol. The number of rotatable bonds is 1. The summed E-state index contributed by atoms with van der Waals surface area (Å²) in [5.74, 6) is -0.754. The first-order chi connectivity index (χ1) is 5.64.